The summed E-state index contributed by atoms with van der Waals surface area (Å²) in [4.78, 5) is 17.0. The van der Waals surface area contributed by atoms with Crippen LogP contribution >= 0.6 is 0 Å². The molecule has 5 rings (SSSR count). The Morgan fingerprint density at radius 2 is 1.85 bits per heavy atom. The molecule has 3 aliphatic rings. The first-order chi connectivity index (χ1) is 16.1. The van der Waals surface area contributed by atoms with Gasteiger partial charge >= 0.3 is 6.09 Å². The molecule has 180 valence electrons. The van der Waals surface area contributed by atoms with Crippen molar-refractivity contribution in [3.8, 4) is 0 Å². The molecular formula is C29H35FN2O2. The fraction of sp³-hybridized carbons (Fsp3) is 0.483. The minimum Gasteiger partial charge on any atom is -0.444 e. The van der Waals surface area contributed by atoms with E-state index in [1.54, 1.807) is 12.1 Å². The van der Waals surface area contributed by atoms with Gasteiger partial charge in [0, 0.05) is 43.7 Å². The van der Waals surface area contributed by atoms with Crippen molar-refractivity contribution in [3.05, 3.63) is 76.1 Å². The number of hydrogen-bond acceptors (Lipinski definition) is 3. The summed E-state index contributed by atoms with van der Waals surface area (Å²) in [7, 11) is 0. The lowest BCUT2D eigenvalue weighted by Crippen LogP contribution is -2.51. The van der Waals surface area contributed by atoms with Crippen molar-refractivity contribution in [2.24, 2.45) is 5.41 Å². The maximum atomic E-state index is 14.5. The van der Waals surface area contributed by atoms with Crippen molar-refractivity contribution in [1.29, 1.82) is 0 Å². The van der Waals surface area contributed by atoms with Crippen molar-refractivity contribution < 1.29 is 13.9 Å². The van der Waals surface area contributed by atoms with E-state index in [0.29, 0.717) is 19.6 Å². The highest BCUT2D eigenvalue weighted by Crippen LogP contribution is 2.53. The standard InChI is InChI=1S/C29H35FN2O2/c1-20-9-10-24-22(15-20)16-23-18-31(17-21-7-5-6-8-25(21)30)19-29(26(23)24)11-13-32(14-12-29)27(33)34-28(2,3)4/h5-10,15H,11-14,16-19H2,1-4H3. The Bertz CT molecular complexity index is 1140. The summed E-state index contributed by atoms with van der Waals surface area (Å²) in [6.07, 6.45) is 2.54. The number of likely N-dealkylation sites (tertiary alicyclic amines) is 1. The van der Waals surface area contributed by atoms with Crippen LogP contribution in [0.15, 0.2) is 48.0 Å². The fourth-order valence-electron chi connectivity index (χ4n) is 6.08. The molecule has 34 heavy (non-hydrogen) atoms. The zero-order valence-electron chi connectivity index (χ0n) is 20.8. The summed E-state index contributed by atoms with van der Waals surface area (Å²) >= 11 is 0. The van der Waals surface area contributed by atoms with Gasteiger partial charge < -0.3 is 9.64 Å². The molecule has 0 atom stereocenters. The molecule has 0 saturated carbocycles. The van der Waals surface area contributed by atoms with Crippen LogP contribution in [0.2, 0.25) is 0 Å². The third-order valence-electron chi connectivity index (χ3n) is 7.48. The number of rotatable bonds is 2. The molecule has 2 aromatic rings. The molecule has 1 aliphatic carbocycles. The molecule has 1 fully saturated rings. The summed E-state index contributed by atoms with van der Waals surface area (Å²) in [5, 5.41) is 0. The number of hydrogen-bond donors (Lipinski definition) is 0. The highest BCUT2D eigenvalue weighted by atomic mass is 19.1. The monoisotopic (exact) mass is 462 g/mol. The predicted molar refractivity (Wildman–Crippen MR) is 133 cm³/mol. The maximum Gasteiger partial charge on any atom is 0.410 e. The first kappa shape index (κ1) is 23.1. The number of piperidine rings is 1. The van der Waals surface area contributed by atoms with Gasteiger partial charge in [-0.3, -0.25) is 4.90 Å². The molecule has 1 saturated heterocycles. The van der Waals surface area contributed by atoms with Gasteiger partial charge in [-0.25, -0.2) is 9.18 Å². The van der Waals surface area contributed by atoms with Crippen molar-refractivity contribution in [2.75, 3.05) is 26.2 Å². The molecule has 2 aliphatic heterocycles. The summed E-state index contributed by atoms with van der Waals surface area (Å²) in [5.74, 6) is -0.138. The van der Waals surface area contributed by atoms with Crippen molar-refractivity contribution in [1.82, 2.24) is 9.80 Å². The molecule has 0 unspecified atom stereocenters. The highest BCUT2D eigenvalue weighted by molar-refractivity contribution is 5.82. The van der Waals surface area contributed by atoms with E-state index in [1.807, 2.05) is 37.8 Å². The number of nitrogens with zero attached hydrogens (tertiary/aromatic N) is 2. The maximum absolute atomic E-state index is 14.5. The second kappa shape index (κ2) is 8.53. The molecule has 2 aromatic carbocycles. The summed E-state index contributed by atoms with van der Waals surface area (Å²) in [6, 6.07) is 13.9. The molecule has 1 amide bonds. The van der Waals surface area contributed by atoms with E-state index in [-0.39, 0.29) is 17.3 Å². The number of amides is 1. The number of aryl methyl sites for hydroxylation is 1. The van der Waals surface area contributed by atoms with Crippen LogP contribution in [-0.4, -0.2) is 47.7 Å². The molecule has 0 radical (unpaired) electrons. The molecule has 0 aromatic heterocycles. The number of carbonyl (C=O) groups excluding carboxylic acids is 1. The van der Waals surface area contributed by atoms with E-state index >= 15 is 0 Å². The van der Waals surface area contributed by atoms with E-state index < -0.39 is 5.60 Å². The summed E-state index contributed by atoms with van der Waals surface area (Å²) in [6.45, 7) is 11.6. The van der Waals surface area contributed by atoms with Gasteiger partial charge in [0.15, 0.2) is 0 Å². The normalized spacial score (nSPS) is 19.9. The Balaban J connectivity index is 1.44. The molecule has 4 nitrogen and oxygen atoms in total. The van der Waals surface area contributed by atoms with Crippen molar-refractivity contribution >= 4 is 11.7 Å². The lowest BCUT2D eigenvalue weighted by atomic mass is 9.67. The SMILES string of the molecule is Cc1ccc2c(c1)CC1=C2C2(CCN(C(=O)OC(C)(C)C)CC2)CN(Cc2ccccc2F)C1. The zero-order valence-corrected chi connectivity index (χ0v) is 20.8. The van der Waals surface area contributed by atoms with E-state index in [4.69, 9.17) is 4.74 Å². The highest BCUT2D eigenvalue weighted by Gasteiger charge is 2.47. The van der Waals surface area contributed by atoms with Gasteiger partial charge in [-0.2, -0.15) is 0 Å². The van der Waals surface area contributed by atoms with Gasteiger partial charge in [-0.1, -0.05) is 42.0 Å². The van der Waals surface area contributed by atoms with E-state index in [0.717, 1.165) is 37.9 Å². The van der Waals surface area contributed by atoms with Gasteiger partial charge in [0.2, 0.25) is 0 Å². The van der Waals surface area contributed by atoms with Crippen molar-refractivity contribution in [3.63, 3.8) is 0 Å². The molecule has 5 heteroatoms. The van der Waals surface area contributed by atoms with Crippen LogP contribution in [0.25, 0.3) is 5.57 Å². The van der Waals surface area contributed by atoms with Gasteiger partial charge in [0.1, 0.15) is 11.4 Å². The summed E-state index contributed by atoms with van der Waals surface area (Å²) in [5.41, 5.74) is 7.27. The molecule has 1 spiro atoms. The predicted octanol–water partition coefficient (Wildman–Crippen LogP) is 5.98. The smallest absolute Gasteiger partial charge is 0.410 e. The minimum absolute atomic E-state index is 0.0299. The molecular weight excluding hydrogens is 427 g/mol. The van der Waals surface area contributed by atoms with E-state index in [9.17, 15) is 9.18 Å². The van der Waals surface area contributed by atoms with Gasteiger partial charge in [-0.05, 0) is 75.3 Å². The Morgan fingerprint density at radius 1 is 1.12 bits per heavy atom. The average Bonchev–Trinajstić information content (AvgIpc) is 3.12. The van der Waals surface area contributed by atoms with Gasteiger partial charge in [0.25, 0.3) is 0 Å². The zero-order chi connectivity index (χ0) is 24.1. The van der Waals surface area contributed by atoms with E-state index in [2.05, 4.69) is 30.0 Å². The number of fused-ring (bicyclic) bond motifs is 3. The number of carbonyl (C=O) groups is 1. The molecule has 0 bridgehead atoms. The second-order valence-corrected chi connectivity index (χ2v) is 11.3. The quantitative estimate of drug-likeness (QED) is 0.551. The van der Waals surface area contributed by atoms with Crippen LogP contribution in [0, 0.1) is 18.2 Å². The molecule has 0 N–H and O–H groups in total. The number of benzene rings is 2. The first-order valence-corrected chi connectivity index (χ1v) is 12.4. The Hall–Kier alpha value is -2.66. The minimum atomic E-state index is -0.494. The first-order valence-electron chi connectivity index (χ1n) is 12.4. The summed E-state index contributed by atoms with van der Waals surface area (Å²) < 4.78 is 20.1. The Labute approximate surface area is 202 Å². The Kier molecular flexibility index (Phi) is 5.79. The van der Waals surface area contributed by atoms with Crippen LogP contribution < -0.4 is 0 Å². The largest absolute Gasteiger partial charge is 0.444 e. The Morgan fingerprint density at radius 3 is 2.56 bits per heavy atom. The van der Waals surface area contributed by atoms with Crippen LogP contribution in [0.1, 0.15) is 55.9 Å². The van der Waals surface area contributed by atoms with Gasteiger partial charge in [-0.15, -0.1) is 0 Å². The third-order valence-corrected chi connectivity index (χ3v) is 7.48. The van der Waals surface area contributed by atoms with Crippen LogP contribution in [0.5, 0.6) is 0 Å². The second-order valence-electron chi connectivity index (χ2n) is 11.3. The number of halogens is 1. The topological polar surface area (TPSA) is 32.8 Å². The lowest BCUT2D eigenvalue weighted by molar-refractivity contribution is 0.0112. The van der Waals surface area contributed by atoms with Gasteiger partial charge in [0.05, 0.1) is 0 Å². The number of ether oxygens (including phenoxy) is 1. The average molecular weight is 463 g/mol. The fourth-order valence-corrected chi connectivity index (χ4v) is 6.08. The molecule has 2 heterocycles. The third kappa shape index (κ3) is 4.38. The van der Waals surface area contributed by atoms with Crippen LogP contribution in [-0.2, 0) is 17.7 Å². The van der Waals surface area contributed by atoms with E-state index in [1.165, 1.54) is 27.8 Å². The van der Waals surface area contributed by atoms with Crippen LogP contribution in [0.4, 0.5) is 9.18 Å². The van der Waals surface area contributed by atoms with Crippen molar-refractivity contribution in [2.45, 2.75) is 59.1 Å². The van der Waals surface area contributed by atoms with Crippen LogP contribution in [0.3, 0.4) is 0 Å². The lowest BCUT2D eigenvalue weighted by Gasteiger charge is -2.49.